The number of aryl methyl sites for hydroxylation is 3. The van der Waals surface area contributed by atoms with Crippen LogP contribution in [-0.2, 0) is 7.05 Å². The van der Waals surface area contributed by atoms with Crippen LogP contribution in [0.4, 0.5) is 15.9 Å². The van der Waals surface area contributed by atoms with Crippen LogP contribution in [0.3, 0.4) is 0 Å². The van der Waals surface area contributed by atoms with Gasteiger partial charge in [0.05, 0.1) is 5.52 Å². The molecule has 0 fully saturated rings. The Bertz CT molecular complexity index is 1120. The summed E-state index contributed by atoms with van der Waals surface area (Å²) < 4.78 is 16.0. The topological polar surface area (TPSA) is 46.8 Å². The molecule has 0 saturated carbocycles. The molecule has 0 N–H and O–H groups in total. The molecule has 4 aromatic rings. The third-order valence-corrected chi connectivity index (χ3v) is 4.59. The molecule has 2 aromatic carbocycles. The van der Waals surface area contributed by atoms with Crippen LogP contribution in [0.15, 0.2) is 36.4 Å². The summed E-state index contributed by atoms with van der Waals surface area (Å²) in [5.41, 5.74) is 3.32. The van der Waals surface area contributed by atoms with E-state index in [0.29, 0.717) is 22.5 Å². The number of hydrogen-bond acceptors (Lipinski definition) is 4. The fourth-order valence-corrected chi connectivity index (χ4v) is 3.12. The molecule has 0 aliphatic rings. The molecule has 0 aliphatic heterocycles. The molecule has 0 bridgehead atoms. The highest BCUT2D eigenvalue weighted by atomic mass is 19.1. The number of fused-ring (bicyclic) bond motifs is 2. The Morgan fingerprint density at radius 1 is 1.04 bits per heavy atom. The van der Waals surface area contributed by atoms with Crippen LogP contribution in [-0.4, -0.2) is 26.8 Å². The summed E-state index contributed by atoms with van der Waals surface area (Å²) in [5, 5.41) is 6.35. The quantitative estimate of drug-likeness (QED) is 0.555. The van der Waals surface area contributed by atoms with Crippen molar-refractivity contribution in [3.63, 3.8) is 0 Å². The van der Waals surface area contributed by atoms with E-state index in [1.54, 1.807) is 13.0 Å². The van der Waals surface area contributed by atoms with Gasteiger partial charge < -0.3 is 4.90 Å². The summed E-state index contributed by atoms with van der Waals surface area (Å²) in [6.07, 6.45) is 0. The van der Waals surface area contributed by atoms with Gasteiger partial charge in [0.15, 0.2) is 0 Å². The summed E-state index contributed by atoms with van der Waals surface area (Å²) in [7, 11) is 3.85. The predicted molar refractivity (Wildman–Crippen MR) is 97.7 cm³/mol. The first-order valence-electron chi connectivity index (χ1n) is 8.05. The largest absolute Gasteiger partial charge is 0.329 e. The second-order valence-corrected chi connectivity index (χ2v) is 6.20. The molecule has 0 aliphatic carbocycles. The molecule has 6 heteroatoms. The number of rotatable bonds is 2. The third kappa shape index (κ3) is 2.41. The first-order chi connectivity index (χ1) is 12.0. The maximum atomic E-state index is 14.1. The maximum Gasteiger partial charge on any atom is 0.149 e. The zero-order valence-corrected chi connectivity index (χ0v) is 14.6. The van der Waals surface area contributed by atoms with Crippen LogP contribution < -0.4 is 4.90 Å². The van der Waals surface area contributed by atoms with Crippen molar-refractivity contribution in [2.75, 3.05) is 11.9 Å². The molecule has 0 unspecified atom stereocenters. The lowest BCUT2D eigenvalue weighted by molar-refractivity contribution is 0.636. The van der Waals surface area contributed by atoms with E-state index in [0.717, 1.165) is 22.3 Å². The Hall–Kier alpha value is -3.02. The van der Waals surface area contributed by atoms with Crippen molar-refractivity contribution in [2.45, 2.75) is 13.8 Å². The lowest BCUT2D eigenvalue weighted by Gasteiger charge is -2.20. The minimum Gasteiger partial charge on any atom is -0.329 e. The average molecular weight is 335 g/mol. The first kappa shape index (κ1) is 15.5. The molecule has 2 heterocycles. The number of benzene rings is 2. The van der Waals surface area contributed by atoms with Crippen LogP contribution in [0.1, 0.15) is 11.5 Å². The zero-order valence-electron chi connectivity index (χ0n) is 14.6. The summed E-state index contributed by atoms with van der Waals surface area (Å²) >= 11 is 0. The predicted octanol–water partition coefficient (Wildman–Crippen LogP) is 4.04. The summed E-state index contributed by atoms with van der Waals surface area (Å²) in [4.78, 5) is 10.7. The zero-order chi connectivity index (χ0) is 17.7. The smallest absolute Gasteiger partial charge is 0.149 e. The van der Waals surface area contributed by atoms with Crippen LogP contribution in [0.5, 0.6) is 0 Å². The second kappa shape index (κ2) is 5.51. The molecule has 0 atom stereocenters. The van der Waals surface area contributed by atoms with Gasteiger partial charge in [-0.3, -0.25) is 4.68 Å². The van der Waals surface area contributed by atoms with Gasteiger partial charge in [0.25, 0.3) is 0 Å². The van der Waals surface area contributed by atoms with Crippen molar-refractivity contribution in [3.05, 3.63) is 53.7 Å². The maximum absolute atomic E-state index is 14.1. The van der Waals surface area contributed by atoms with Crippen molar-refractivity contribution in [3.8, 4) is 0 Å². The van der Waals surface area contributed by atoms with E-state index < -0.39 is 0 Å². The highest BCUT2D eigenvalue weighted by molar-refractivity contribution is 5.93. The lowest BCUT2D eigenvalue weighted by atomic mass is 10.1. The van der Waals surface area contributed by atoms with Gasteiger partial charge in [0.2, 0.25) is 0 Å². The number of anilines is 2. The molecular formula is C19H18FN5. The molecule has 0 spiro atoms. The molecule has 0 saturated heterocycles. The van der Waals surface area contributed by atoms with E-state index in [4.69, 9.17) is 0 Å². The van der Waals surface area contributed by atoms with E-state index >= 15 is 0 Å². The van der Waals surface area contributed by atoms with Crippen LogP contribution >= 0.6 is 0 Å². The van der Waals surface area contributed by atoms with E-state index in [2.05, 4.69) is 21.1 Å². The van der Waals surface area contributed by atoms with Gasteiger partial charge in [-0.15, -0.1) is 0 Å². The van der Waals surface area contributed by atoms with Gasteiger partial charge in [0.1, 0.15) is 23.0 Å². The SMILES string of the molecule is Cc1nc(N(C)c2ccc3c(C)n(C)nc3c2)c2cccc(F)c2n1. The highest BCUT2D eigenvalue weighted by Gasteiger charge is 2.15. The Labute approximate surface area is 144 Å². The van der Waals surface area contributed by atoms with Gasteiger partial charge in [0, 0.05) is 36.2 Å². The fourth-order valence-electron chi connectivity index (χ4n) is 3.12. The summed E-state index contributed by atoms with van der Waals surface area (Å²) in [6, 6.07) is 11.0. The normalized spacial score (nSPS) is 11.4. The lowest BCUT2D eigenvalue weighted by Crippen LogP contribution is -2.13. The fraction of sp³-hybridized carbons (Fsp3) is 0.211. The molecule has 2 aromatic heterocycles. The van der Waals surface area contributed by atoms with Gasteiger partial charge >= 0.3 is 0 Å². The number of hydrogen-bond donors (Lipinski definition) is 0. The molecule has 0 amide bonds. The minimum absolute atomic E-state index is 0.339. The van der Waals surface area contributed by atoms with E-state index in [-0.39, 0.29) is 5.82 Å². The van der Waals surface area contributed by atoms with Gasteiger partial charge in [-0.2, -0.15) is 5.10 Å². The molecule has 4 rings (SSSR count). The number of para-hydroxylation sites is 1. The Balaban J connectivity index is 1.90. The number of aromatic nitrogens is 4. The second-order valence-electron chi connectivity index (χ2n) is 6.20. The molecule has 5 nitrogen and oxygen atoms in total. The van der Waals surface area contributed by atoms with E-state index in [9.17, 15) is 4.39 Å². The van der Waals surface area contributed by atoms with Crippen molar-refractivity contribution in [1.82, 2.24) is 19.7 Å². The number of halogens is 1. The van der Waals surface area contributed by atoms with E-state index in [1.807, 2.05) is 48.8 Å². The summed E-state index contributed by atoms with van der Waals surface area (Å²) in [5.74, 6) is 0.872. The van der Waals surface area contributed by atoms with Crippen molar-refractivity contribution < 1.29 is 4.39 Å². The highest BCUT2D eigenvalue weighted by Crippen LogP contribution is 2.31. The number of nitrogens with zero attached hydrogens (tertiary/aromatic N) is 5. The van der Waals surface area contributed by atoms with Crippen molar-refractivity contribution in [1.29, 1.82) is 0 Å². The molecule has 0 radical (unpaired) electrons. The third-order valence-electron chi connectivity index (χ3n) is 4.59. The van der Waals surface area contributed by atoms with E-state index in [1.165, 1.54) is 6.07 Å². The standard InChI is InChI=1S/C19H18FN5/c1-11-14-9-8-13(10-17(14)23-25(11)4)24(3)19-15-6-5-7-16(20)18(15)21-12(2)22-19/h5-10H,1-4H3. The Morgan fingerprint density at radius 3 is 2.64 bits per heavy atom. The van der Waals surface area contributed by atoms with Crippen LogP contribution in [0.25, 0.3) is 21.8 Å². The molecule has 126 valence electrons. The minimum atomic E-state index is -0.339. The Kier molecular flexibility index (Phi) is 3.42. The monoisotopic (exact) mass is 335 g/mol. The average Bonchev–Trinajstić information content (AvgIpc) is 2.88. The van der Waals surface area contributed by atoms with Gasteiger partial charge in [-0.05, 0) is 44.2 Å². The first-order valence-corrected chi connectivity index (χ1v) is 8.05. The van der Waals surface area contributed by atoms with Crippen molar-refractivity contribution in [2.24, 2.45) is 7.05 Å². The van der Waals surface area contributed by atoms with Crippen LogP contribution in [0.2, 0.25) is 0 Å². The Morgan fingerprint density at radius 2 is 1.84 bits per heavy atom. The molecule has 25 heavy (non-hydrogen) atoms. The van der Waals surface area contributed by atoms with Crippen molar-refractivity contribution >= 4 is 33.3 Å². The van der Waals surface area contributed by atoms with Crippen LogP contribution in [0, 0.1) is 19.7 Å². The van der Waals surface area contributed by atoms with Gasteiger partial charge in [-0.25, -0.2) is 14.4 Å². The summed E-state index contributed by atoms with van der Waals surface area (Å²) in [6.45, 7) is 3.82. The van der Waals surface area contributed by atoms with Gasteiger partial charge in [-0.1, -0.05) is 6.07 Å². The molecular weight excluding hydrogens is 317 g/mol.